The van der Waals surface area contributed by atoms with Crippen molar-refractivity contribution in [2.45, 2.75) is 50.9 Å². The Morgan fingerprint density at radius 2 is 1.53 bits per heavy atom. The molecule has 0 spiro atoms. The van der Waals surface area contributed by atoms with Crippen LogP contribution in [0, 0.1) is 23.1 Å². The Kier molecular flexibility index (Phi) is 10.9. The Morgan fingerprint density at radius 3 is 2.27 bits per heavy atom. The summed E-state index contributed by atoms with van der Waals surface area (Å²) in [5.41, 5.74) is 4.85. The van der Waals surface area contributed by atoms with Gasteiger partial charge in [0.15, 0.2) is 11.6 Å². The summed E-state index contributed by atoms with van der Waals surface area (Å²) in [5, 5.41) is 12.6. The number of hydrogen-bond acceptors (Lipinski definition) is 11. The molecule has 5 aliphatic heterocycles. The van der Waals surface area contributed by atoms with Crippen molar-refractivity contribution in [3.63, 3.8) is 0 Å². The van der Waals surface area contributed by atoms with Gasteiger partial charge in [-0.25, -0.2) is 13.8 Å². The van der Waals surface area contributed by atoms with E-state index in [-0.39, 0.29) is 52.8 Å². The van der Waals surface area contributed by atoms with Crippen LogP contribution in [-0.4, -0.2) is 108 Å². The summed E-state index contributed by atoms with van der Waals surface area (Å²) in [5.74, 6) is -1.10. The van der Waals surface area contributed by atoms with Crippen LogP contribution in [0.15, 0.2) is 83.9 Å². The van der Waals surface area contributed by atoms with Gasteiger partial charge < -0.3 is 24.3 Å². The number of carbonyl (C=O) groups excluding carboxylic acids is 3. The number of ether oxygens (including phenoxy) is 1. The highest BCUT2D eigenvalue weighted by atomic mass is 19.1. The fourth-order valence-electron chi connectivity index (χ4n) is 9.93. The number of hydrogen-bond donors (Lipinski definition) is 1. The summed E-state index contributed by atoms with van der Waals surface area (Å²) in [7, 11) is 0. The maximum atomic E-state index is 15.1. The molecule has 16 heteroatoms. The van der Waals surface area contributed by atoms with E-state index >= 15 is 4.39 Å². The van der Waals surface area contributed by atoms with Gasteiger partial charge in [0.1, 0.15) is 35.9 Å². The lowest BCUT2D eigenvalue weighted by atomic mass is 9.95. The van der Waals surface area contributed by atoms with E-state index in [2.05, 4.69) is 31.1 Å². The van der Waals surface area contributed by atoms with Crippen LogP contribution in [-0.2, 0) is 16.1 Å². The predicted octanol–water partition coefficient (Wildman–Crippen LogP) is 5.54. The number of anilines is 3. The van der Waals surface area contributed by atoms with Crippen LogP contribution in [0.2, 0.25) is 0 Å². The number of nitrogens with zero attached hydrogens (tertiary/aromatic N) is 8. The number of piperidine rings is 2. The van der Waals surface area contributed by atoms with Crippen molar-refractivity contribution >= 4 is 45.7 Å². The zero-order valence-corrected chi connectivity index (χ0v) is 35.2. The van der Waals surface area contributed by atoms with Crippen LogP contribution >= 0.6 is 0 Å². The van der Waals surface area contributed by atoms with Crippen molar-refractivity contribution in [1.29, 1.82) is 5.26 Å². The highest BCUT2D eigenvalue weighted by Gasteiger charge is 2.39. The quantitative estimate of drug-likeness (QED) is 0.187. The van der Waals surface area contributed by atoms with Crippen LogP contribution < -0.4 is 30.3 Å². The number of carbonyl (C=O) groups is 3. The average molecular weight is 868 g/mol. The van der Waals surface area contributed by atoms with Crippen LogP contribution in [0.4, 0.5) is 25.8 Å². The highest BCUT2D eigenvalue weighted by Crippen LogP contribution is 2.37. The molecule has 5 aliphatic rings. The first-order valence-corrected chi connectivity index (χ1v) is 22.0. The van der Waals surface area contributed by atoms with E-state index < -0.39 is 23.9 Å². The second kappa shape index (κ2) is 17.0. The first-order valence-electron chi connectivity index (χ1n) is 22.0. The van der Waals surface area contributed by atoms with Crippen LogP contribution in [0.1, 0.15) is 53.6 Å². The maximum Gasteiger partial charge on any atom is 0.265 e. The van der Waals surface area contributed by atoms with E-state index in [4.69, 9.17) is 4.74 Å². The van der Waals surface area contributed by atoms with Gasteiger partial charge in [-0.05, 0) is 110 Å². The van der Waals surface area contributed by atoms with Crippen LogP contribution in [0.3, 0.4) is 0 Å². The zero-order chi connectivity index (χ0) is 44.1. The minimum absolute atomic E-state index is 0.0332. The zero-order valence-electron chi connectivity index (χ0n) is 35.2. The second-order valence-electron chi connectivity index (χ2n) is 17.4. The molecule has 0 saturated carbocycles. The first kappa shape index (κ1) is 41.2. The Labute approximate surface area is 368 Å². The van der Waals surface area contributed by atoms with E-state index in [9.17, 15) is 28.8 Å². The van der Waals surface area contributed by atoms with Crippen molar-refractivity contribution < 1.29 is 27.9 Å². The molecule has 5 aromatic rings. The standard InChI is InChI=1S/C48H47F2N9O5/c49-32-15-18-57(28-32)42-10-8-40(50)45(39(42)25-51)64-36-6-9-41-38(24-36)48(63)59(29-52-41)34-3-1-33(2-4-34)56-21-19-54(20-22-56)26-30-13-16-55(17-14-30)35-5-7-37-31(23-35)27-58(47(37)62)43-11-12-44(60)53-46(43)61/h1-10,23-24,29-30,32,43H,11-22,26-28H2,(H,53,60,61)/t32-,43-/m1/s1. The van der Waals surface area contributed by atoms with E-state index in [1.165, 1.54) is 29.1 Å². The molecule has 4 aromatic carbocycles. The average Bonchev–Trinajstić information content (AvgIpc) is 3.89. The number of halogens is 2. The van der Waals surface area contributed by atoms with Crippen LogP contribution in [0.5, 0.6) is 11.5 Å². The molecule has 0 radical (unpaired) electrons. The van der Waals surface area contributed by atoms with Crippen molar-refractivity contribution in [2.24, 2.45) is 5.92 Å². The third-order valence-electron chi connectivity index (χ3n) is 13.5. The Morgan fingerprint density at radius 1 is 0.797 bits per heavy atom. The number of benzene rings is 4. The molecule has 2 atom stereocenters. The molecule has 0 bridgehead atoms. The molecule has 3 amide bonds. The number of aromatic nitrogens is 2. The van der Waals surface area contributed by atoms with E-state index in [0.717, 1.165) is 75.6 Å². The van der Waals surface area contributed by atoms with Gasteiger partial charge in [0.05, 0.1) is 22.3 Å². The third-order valence-corrected chi connectivity index (χ3v) is 13.5. The van der Waals surface area contributed by atoms with E-state index in [1.54, 1.807) is 21.9 Å². The Balaban J connectivity index is 0.731. The molecule has 4 fully saturated rings. The number of piperazine rings is 1. The normalized spacial score (nSPS) is 20.8. The summed E-state index contributed by atoms with van der Waals surface area (Å²) >= 11 is 0. The summed E-state index contributed by atoms with van der Waals surface area (Å²) in [4.78, 5) is 66.2. The van der Waals surface area contributed by atoms with Gasteiger partial charge in [-0.1, -0.05) is 0 Å². The van der Waals surface area contributed by atoms with Gasteiger partial charge in [0.25, 0.3) is 11.5 Å². The monoisotopic (exact) mass is 867 g/mol. The molecule has 6 heterocycles. The number of amides is 3. The van der Waals surface area contributed by atoms with Crippen molar-refractivity contribution in [2.75, 3.05) is 73.6 Å². The first-order chi connectivity index (χ1) is 31.1. The summed E-state index contributed by atoms with van der Waals surface area (Å²) in [6.45, 7) is 7.48. The highest BCUT2D eigenvalue weighted by molar-refractivity contribution is 6.05. The van der Waals surface area contributed by atoms with Gasteiger partial charge in [-0.3, -0.25) is 34.0 Å². The lowest BCUT2D eigenvalue weighted by Gasteiger charge is -2.40. The molecule has 1 aromatic heterocycles. The number of alkyl halides is 1. The molecule has 0 aliphatic carbocycles. The number of rotatable bonds is 9. The molecule has 64 heavy (non-hydrogen) atoms. The molecule has 328 valence electrons. The van der Waals surface area contributed by atoms with E-state index in [1.807, 2.05) is 42.5 Å². The van der Waals surface area contributed by atoms with Gasteiger partial charge in [0.2, 0.25) is 11.8 Å². The molecule has 4 saturated heterocycles. The van der Waals surface area contributed by atoms with E-state index in [0.29, 0.717) is 54.3 Å². The number of imide groups is 1. The molecule has 10 rings (SSSR count). The number of nitriles is 1. The number of fused-ring (bicyclic) bond motifs is 2. The summed E-state index contributed by atoms with van der Waals surface area (Å²) in [6, 6.07) is 22.6. The van der Waals surface area contributed by atoms with Gasteiger partial charge >= 0.3 is 0 Å². The topological polar surface area (TPSA) is 147 Å². The molecule has 0 unspecified atom stereocenters. The van der Waals surface area contributed by atoms with Gasteiger partial charge in [-0.15, -0.1) is 0 Å². The lowest BCUT2D eigenvalue weighted by Crippen LogP contribution is -2.52. The molecular weight excluding hydrogens is 821 g/mol. The minimum atomic E-state index is -1.02. The molecule has 1 N–H and O–H groups in total. The maximum absolute atomic E-state index is 15.1. The molecular formula is C48H47F2N9O5. The third kappa shape index (κ3) is 7.89. The fraction of sp³-hybridized carbons (Fsp3) is 0.375. The minimum Gasteiger partial charge on any atom is -0.453 e. The van der Waals surface area contributed by atoms with Crippen molar-refractivity contribution in [3.8, 4) is 23.3 Å². The Bertz CT molecular complexity index is 2760. The van der Waals surface area contributed by atoms with Crippen molar-refractivity contribution in [3.05, 3.63) is 112 Å². The number of nitrogens with one attached hydrogen (secondary N) is 1. The largest absolute Gasteiger partial charge is 0.453 e. The summed E-state index contributed by atoms with van der Waals surface area (Å²) < 4.78 is 36.5. The fourth-order valence-corrected chi connectivity index (χ4v) is 9.93. The summed E-state index contributed by atoms with van der Waals surface area (Å²) in [6.07, 6.45) is 3.53. The second-order valence-corrected chi connectivity index (χ2v) is 17.4. The van der Waals surface area contributed by atoms with Gasteiger partial charge in [0, 0.05) is 88.8 Å². The van der Waals surface area contributed by atoms with Crippen molar-refractivity contribution in [1.82, 2.24) is 24.7 Å². The lowest BCUT2D eigenvalue weighted by molar-refractivity contribution is -0.136. The van der Waals surface area contributed by atoms with Gasteiger partial charge in [-0.2, -0.15) is 5.26 Å². The van der Waals surface area contributed by atoms with Crippen LogP contribution in [0.25, 0.3) is 16.6 Å². The smallest absolute Gasteiger partial charge is 0.265 e. The molecule has 14 nitrogen and oxygen atoms in total. The predicted molar refractivity (Wildman–Crippen MR) is 236 cm³/mol. The SMILES string of the molecule is N#Cc1c(N2CC[C@@H](F)C2)ccc(F)c1Oc1ccc2ncn(-c3ccc(N4CCN(CC5CCN(c6ccc7c(c6)CN([C@@H]6CCC(=O)NC6=O)C7=O)CC5)CC4)cc3)c(=O)c2c1. The Hall–Kier alpha value is -6.86.